The van der Waals surface area contributed by atoms with E-state index in [0.717, 1.165) is 19.3 Å². The van der Waals surface area contributed by atoms with Crippen LogP contribution in [0.3, 0.4) is 0 Å². The monoisotopic (exact) mass is 399 g/mol. The van der Waals surface area contributed by atoms with Crippen LogP contribution in [-0.2, 0) is 11.2 Å². The van der Waals surface area contributed by atoms with E-state index < -0.39 is 0 Å². The number of thiophene rings is 1. The van der Waals surface area contributed by atoms with Crippen LogP contribution in [0.2, 0.25) is 0 Å². The summed E-state index contributed by atoms with van der Waals surface area (Å²) in [6, 6.07) is 11.4. The van der Waals surface area contributed by atoms with Gasteiger partial charge in [0.05, 0.1) is 0 Å². The third kappa shape index (κ3) is 5.20. The normalized spacial score (nSPS) is 18.7. The Hall–Kier alpha value is -2.18. The molecular weight excluding hydrogens is 370 g/mol. The van der Waals surface area contributed by atoms with Gasteiger partial charge in [-0.25, -0.2) is 0 Å². The summed E-state index contributed by atoms with van der Waals surface area (Å²) in [5.41, 5.74) is 7.35. The number of amides is 2. The van der Waals surface area contributed by atoms with Crippen LogP contribution >= 0.6 is 11.3 Å². The largest absolute Gasteiger partial charge is 0.338 e. The average molecular weight is 400 g/mol. The molecular formula is C22H29N3O2S. The van der Waals surface area contributed by atoms with Gasteiger partial charge in [-0.15, -0.1) is 11.3 Å². The van der Waals surface area contributed by atoms with Crippen molar-refractivity contribution in [2.75, 3.05) is 18.4 Å². The van der Waals surface area contributed by atoms with Crippen LogP contribution in [0, 0.1) is 5.41 Å². The summed E-state index contributed by atoms with van der Waals surface area (Å²) in [5.74, 6) is -0.0278. The molecule has 0 bridgehead atoms. The second-order valence-electron chi connectivity index (χ2n) is 8.17. The molecule has 0 radical (unpaired) electrons. The van der Waals surface area contributed by atoms with Gasteiger partial charge in [0.2, 0.25) is 5.91 Å². The topological polar surface area (TPSA) is 75.4 Å². The molecule has 0 aliphatic carbocycles. The molecule has 1 aliphatic rings. The van der Waals surface area contributed by atoms with Crippen molar-refractivity contribution in [3.63, 3.8) is 0 Å². The lowest BCUT2D eigenvalue weighted by atomic mass is 9.79. The summed E-state index contributed by atoms with van der Waals surface area (Å²) in [6.07, 6.45) is 3.00. The number of piperidine rings is 1. The molecule has 1 unspecified atom stereocenters. The van der Waals surface area contributed by atoms with Gasteiger partial charge in [0, 0.05) is 41.7 Å². The number of hydrogen-bond donors (Lipinski definition) is 2. The Labute approximate surface area is 170 Å². The summed E-state index contributed by atoms with van der Waals surface area (Å²) < 4.78 is 0. The summed E-state index contributed by atoms with van der Waals surface area (Å²) in [7, 11) is 0. The van der Waals surface area contributed by atoms with Crippen LogP contribution < -0.4 is 11.1 Å². The van der Waals surface area contributed by atoms with Gasteiger partial charge < -0.3 is 16.0 Å². The molecule has 3 N–H and O–H groups in total. The maximum Gasteiger partial charge on any atom is 0.253 e. The van der Waals surface area contributed by atoms with Crippen molar-refractivity contribution in [1.29, 1.82) is 0 Å². The van der Waals surface area contributed by atoms with Gasteiger partial charge in [-0.3, -0.25) is 9.59 Å². The van der Waals surface area contributed by atoms with Crippen molar-refractivity contribution in [3.05, 3.63) is 52.2 Å². The Morgan fingerprint density at radius 2 is 2.11 bits per heavy atom. The number of likely N-dealkylation sites (tertiary alicyclic amines) is 1. The van der Waals surface area contributed by atoms with E-state index in [9.17, 15) is 9.59 Å². The number of carbonyl (C=O) groups excluding carboxylic acids is 2. The van der Waals surface area contributed by atoms with E-state index in [2.05, 4.69) is 30.6 Å². The van der Waals surface area contributed by atoms with Gasteiger partial charge in [0.25, 0.3) is 5.91 Å². The number of carbonyl (C=O) groups is 2. The zero-order valence-corrected chi connectivity index (χ0v) is 17.4. The van der Waals surface area contributed by atoms with E-state index in [-0.39, 0.29) is 23.3 Å². The van der Waals surface area contributed by atoms with E-state index in [0.29, 0.717) is 30.8 Å². The van der Waals surface area contributed by atoms with Crippen molar-refractivity contribution in [2.24, 2.45) is 11.1 Å². The Balaban J connectivity index is 1.56. The maximum atomic E-state index is 12.9. The summed E-state index contributed by atoms with van der Waals surface area (Å²) in [4.78, 5) is 28.3. The highest BCUT2D eigenvalue weighted by atomic mass is 32.1. The number of anilines is 1. The predicted octanol–water partition coefficient (Wildman–Crippen LogP) is 3.91. The Bertz CT molecular complexity index is 817. The van der Waals surface area contributed by atoms with E-state index >= 15 is 0 Å². The smallest absolute Gasteiger partial charge is 0.253 e. The fraction of sp³-hybridized carbons (Fsp3) is 0.455. The van der Waals surface area contributed by atoms with Crippen LogP contribution in [-0.4, -0.2) is 35.8 Å². The molecule has 1 fully saturated rings. The number of hydrogen-bond acceptors (Lipinski definition) is 4. The molecule has 3 rings (SSSR count). The molecule has 0 spiro atoms. The van der Waals surface area contributed by atoms with Crippen LogP contribution in [0.5, 0.6) is 0 Å². The first-order valence-electron chi connectivity index (χ1n) is 9.82. The Morgan fingerprint density at radius 3 is 2.82 bits per heavy atom. The van der Waals surface area contributed by atoms with Crippen LogP contribution in [0.4, 0.5) is 5.69 Å². The zero-order chi connectivity index (χ0) is 20.1. The zero-order valence-electron chi connectivity index (χ0n) is 16.6. The second kappa shape index (κ2) is 8.88. The highest BCUT2D eigenvalue weighted by Crippen LogP contribution is 2.28. The lowest BCUT2D eigenvalue weighted by Crippen LogP contribution is -2.54. The van der Waals surface area contributed by atoms with Gasteiger partial charge in [-0.2, -0.15) is 0 Å². The molecule has 2 aromatic rings. The number of aryl methyl sites for hydroxylation is 1. The number of nitrogens with zero attached hydrogens (tertiary/aromatic N) is 1. The molecule has 1 atom stereocenters. The SMILES string of the molecule is CC1(C)CN(C(=O)c2cccc(NC(=O)CCCc3cccs3)c2)CCC1N. The molecule has 1 aromatic heterocycles. The summed E-state index contributed by atoms with van der Waals surface area (Å²) >= 11 is 1.72. The summed E-state index contributed by atoms with van der Waals surface area (Å²) in [5, 5.41) is 4.97. The molecule has 1 aliphatic heterocycles. The number of nitrogens with one attached hydrogen (secondary N) is 1. The summed E-state index contributed by atoms with van der Waals surface area (Å²) in [6.45, 7) is 5.52. The molecule has 1 saturated heterocycles. The highest BCUT2D eigenvalue weighted by Gasteiger charge is 2.35. The first-order valence-corrected chi connectivity index (χ1v) is 10.7. The average Bonchev–Trinajstić information content (AvgIpc) is 3.17. The number of benzene rings is 1. The van der Waals surface area contributed by atoms with Crippen molar-refractivity contribution < 1.29 is 9.59 Å². The molecule has 28 heavy (non-hydrogen) atoms. The molecule has 2 heterocycles. The molecule has 1 aromatic carbocycles. The lowest BCUT2D eigenvalue weighted by Gasteiger charge is -2.42. The predicted molar refractivity (Wildman–Crippen MR) is 115 cm³/mol. The van der Waals surface area contributed by atoms with E-state index in [1.165, 1.54) is 4.88 Å². The third-order valence-electron chi connectivity index (χ3n) is 5.40. The Kier molecular flexibility index (Phi) is 6.52. The fourth-order valence-electron chi connectivity index (χ4n) is 3.56. The highest BCUT2D eigenvalue weighted by molar-refractivity contribution is 7.09. The third-order valence-corrected chi connectivity index (χ3v) is 6.34. The van der Waals surface area contributed by atoms with E-state index in [1.54, 1.807) is 23.5 Å². The molecule has 5 nitrogen and oxygen atoms in total. The minimum Gasteiger partial charge on any atom is -0.338 e. The van der Waals surface area contributed by atoms with Gasteiger partial charge in [-0.05, 0) is 54.3 Å². The first-order chi connectivity index (χ1) is 13.3. The Morgan fingerprint density at radius 1 is 1.29 bits per heavy atom. The van der Waals surface area contributed by atoms with Crippen LogP contribution in [0.25, 0.3) is 0 Å². The van der Waals surface area contributed by atoms with Crippen molar-refractivity contribution in [1.82, 2.24) is 4.90 Å². The maximum absolute atomic E-state index is 12.9. The molecule has 0 saturated carbocycles. The molecule has 2 amide bonds. The number of nitrogens with two attached hydrogens (primary N) is 1. The van der Waals surface area contributed by atoms with Gasteiger partial charge >= 0.3 is 0 Å². The van der Waals surface area contributed by atoms with Crippen molar-refractivity contribution in [2.45, 2.75) is 45.6 Å². The fourth-order valence-corrected chi connectivity index (χ4v) is 4.31. The van der Waals surface area contributed by atoms with Gasteiger partial charge in [0.1, 0.15) is 0 Å². The quantitative estimate of drug-likeness (QED) is 0.773. The van der Waals surface area contributed by atoms with Crippen molar-refractivity contribution >= 4 is 28.8 Å². The number of rotatable bonds is 6. The second-order valence-corrected chi connectivity index (χ2v) is 9.20. The van der Waals surface area contributed by atoms with Crippen molar-refractivity contribution in [3.8, 4) is 0 Å². The van der Waals surface area contributed by atoms with E-state index in [4.69, 9.17) is 5.73 Å². The minimum atomic E-state index is -0.0949. The van der Waals surface area contributed by atoms with Gasteiger partial charge in [-0.1, -0.05) is 26.0 Å². The molecule has 6 heteroatoms. The van der Waals surface area contributed by atoms with Crippen LogP contribution in [0.1, 0.15) is 48.3 Å². The first kappa shape index (κ1) is 20.6. The standard InChI is InChI=1S/C22H29N3O2S/c1-22(2)15-25(12-11-19(22)23)21(27)16-6-3-7-17(14-16)24-20(26)10-4-8-18-9-5-13-28-18/h3,5-7,9,13-14,19H,4,8,10-12,15,23H2,1-2H3,(H,24,26). The molecule has 150 valence electrons. The van der Waals surface area contributed by atoms with Crippen LogP contribution in [0.15, 0.2) is 41.8 Å². The lowest BCUT2D eigenvalue weighted by molar-refractivity contribution is -0.116. The van der Waals surface area contributed by atoms with Gasteiger partial charge in [0.15, 0.2) is 0 Å². The minimum absolute atomic E-state index is 0.00577. The van der Waals surface area contributed by atoms with E-state index in [1.807, 2.05) is 23.1 Å².